The Morgan fingerprint density at radius 1 is 1.41 bits per heavy atom. The third-order valence-corrected chi connectivity index (χ3v) is 3.78. The molecule has 22 heavy (non-hydrogen) atoms. The van der Waals surface area contributed by atoms with Crippen LogP contribution in [0, 0.1) is 11.3 Å². The Labute approximate surface area is 139 Å². The number of nitriles is 1. The molecule has 6 heteroatoms. The van der Waals surface area contributed by atoms with Gasteiger partial charge in [0.05, 0.1) is 18.7 Å². The third kappa shape index (κ3) is 4.50. The van der Waals surface area contributed by atoms with Gasteiger partial charge in [-0.3, -0.25) is 4.79 Å². The highest BCUT2D eigenvalue weighted by atomic mass is 79.9. The number of nitrogens with one attached hydrogen (secondary N) is 1. The first kappa shape index (κ1) is 18.1. The summed E-state index contributed by atoms with van der Waals surface area (Å²) >= 11 is 3.38. The molecule has 0 radical (unpaired) electrons. The second-order valence-electron chi connectivity index (χ2n) is 4.68. The molecule has 118 valence electrons. The van der Waals surface area contributed by atoms with Gasteiger partial charge in [-0.25, -0.2) is 0 Å². The molecule has 0 spiro atoms. The average Bonchev–Trinajstić information content (AvgIpc) is 2.52. The minimum Gasteiger partial charge on any atom is -0.496 e. The van der Waals surface area contributed by atoms with E-state index in [0.29, 0.717) is 21.5 Å². The Bertz CT molecular complexity index is 621. The van der Waals surface area contributed by atoms with Crippen LogP contribution in [0.25, 0.3) is 6.08 Å². The highest BCUT2D eigenvalue weighted by molar-refractivity contribution is 9.10. The maximum atomic E-state index is 12.1. The number of hydrogen-bond donors (Lipinski definition) is 1. The predicted molar refractivity (Wildman–Crippen MR) is 88.7 cm³/mol. The van der Waals surface area contributed by atoms with Crippen LogP contribution in [-0.4, -0.2) is 26.2 Å². The van der Waals surface area contributed by atoms with E-state index < -0.39 is 5.91 Å². The lowest BCUT2D eigenvalue weighted by atomic mass is 10.1. The quantitative estimate of drug-likeness (QED) is 0.619. The van der Waals surface area contributed by atoms with Crippen LogP contribution in [0.1, 0.15) is 25.8 Å². The summed E-state index contributed by atoms with van der Waals surface area (Å²) in [5, 5.41) is 12.0. The van der Waals surface area contributed by atoms with Crippen molar-refractivity contribution >= 4 is 27.9 Å². The molecule has 1 rings (SSSR count). The van der Waals surface area contributed by atoms with Gasteiger partial charge in [0.15, 0.2) is 0 Å². The fourth-order valence-corrected chi connectivity index (χ4v) is 2.23. The lowest BCUT2D eigenvalue weighted by Gasteiger charge is -2.12. The normalized spacial score (nSPS) is 12.3. The first-order valence-electron chi connectivity index (χ1n) is 6.80. The second kappa shape index (κ2) is 8.44. The third-order valence-electron chi connectivity index (χ3n) is 3.16. The minimum absolute atomic E-state index is 0.00810. The number of hydrogen-bond acceptors (Lipinski definition) is 4. The molecule has 0 saturated heterocycles. The summed E-state index contributed by atoms with van der Waals surface area (Å²) in [5.41, 5.74) is 0.640. The van der Waals surface area contributed by atoms with Gasteiger partial charge >= 0.3 is 0 Å². The standard InChI is InChI=1S/C16H19BrN2O3/c1-5-10(2)19-16(20)12(9-18)6-11-7-13(17)15(22-4)8-14(11)21-3/h6-8,10H,5H2,1-4H3,(H,19,20)/b12-6+/t10-/m1/s1. The molecule has 0 bridgehead atoms. The molecule has 0 unspecified atom stereocenters. The molecule has 0 aliphatic heterocycles. The number of carbonyl (C=O) groups excluding carboxylic acids is 1. The molecule has 5 nitrogen and oxygen atoms in total. The Morgan fingerprint density at radius 2 is 2.05 bits per heavy atom. The summed E-state index contributed by atoms with van der Waals surface area (Å²) in [6.07, 6.45) is 2.29. The number of nitrogens with zero attached hydrogens (tertiary/aromatic N) is 1. The molecule has 1 aromatic rings. The molecule has 1 N–H and O–H groups in total. The van der Waals surface area contributed by atoms with Crippen LogP contribution in [0.15, 0.2) is 22.2 Å². The molecular formula is C16H19BrN2O3. The van der Waals surface area contributed by atoms with E-state index >= 15 is 0 Å². The molecule has 0 aliphatic rings. The topological polar surface area (TPSA) is 71.4 Å². The number of carbonyl (C=O) groups is 1. The van der Waals surface area contributed by atoms with E-state index in [1.807, 2.05) is 19.9 Å². The Kier molecular flexibility index (Phi) is 6.93. The van der Waals surface area contributed by atoms with Gasteiger partial charge in [-0.15, -0.1) is 0 Å². The van der Waals surface area contributed by atoms with E-state index in [9.17, 15) is 10.1 Å². The molecule has 0 fully saturated rings. The summed E-state index contributed by atoms with van der Waals surface area (Å²) < 4.78 is 11.2. The van der Waals surface area contributed by atoms with Gasteiger partial charge in [0.25, 0.3) is 5.91 Å². The predicted octanol–water partition coefficient (Wildman–Crippen LogP) is 3.29. The smallest absolute Gasteiger partial charge is 0.262 e. The van der Waals surface area contributed by atoms with Crippen LogP contribution in [0.3, 0.4) is 0 Å². The summed E-state index contributed by atoms with van der Waals surface area (Å²) in [4.78, 5) is 12.1. The number of ether oxygens (including phenoxy) is 2. The van der Waals surface area contributed by atoms with Gasteiger partial charge in [-0.2, -0.15) is 5.26 Å². The summed E-state index contributed by atoms with van der Waals surface area (Å²) in [6, 6.07) is 5.37. The monoisotopic (exact) mass is 366 g/mol. The first-order chi connectivity index (χ1) is 10.5. The van der Waals surface area contributed by atoms with Crippen LogP contribution in [-0.2, 0) is 4.79 Å². The van der Waals surface area contributed by atoms with E-state index in [2.05, 4.69) is 21.2 Å². The highest BCUT2D eigenvalue weighted by Crippen LogP contribution is 2.33. The zero-order valence-corrected chi connectivity index (χ0v) is 14.7. The van der Waals surface area contributed by atoms with Gasteiger partial charge in [0, 0.05) is 17.7 Å². The highest BCUT2D eigenvalue weighted by Gasteiger charge is 2.14. The first-order valence-corrected chi connectivity index (χ1v) is 7.60. The van der Waals surface area contributed by atoms with Gasteiger partial charge in [0.2, 0.25) is 0 Å². The zero-order chi connectivity index (χ0) is 16.7. The molecule has 0 heterocycles. The zero-order valence-electron chi connectivity index (χ0n) is 13.1. The number of methoxy groups -OCH3 is 2. The van der Waals surface area contributed by atoms with E-state index in [-0.39, 0.29) is 11.6 Å². The van der Waals surface area contributed by atoms with Crippen molar-refractivity contribution in [1.29, 1.82) is 5.26 Å². The number of amides is 1. The molecule has 0 saturated carbocycles. The number of benzene rings is 1. The average molecular weight is 367 g/mol. The van der Waals surface area contributed by atoms with Crippen molar-refractivity contribution < 1.29 is 14.3 Å². The van der Waals surface area contributed by atoms with E-state index in [0.717, 1.165) is 6.42 Å². The largest absolute Gasteiger partial charge is 0.496 e. The SMILES string of the molecule is CC[C@@H](C)NC(=O)/C(C#N)=C/c1cc(Br)c(OC)cc1OC. The van der Waals surface area contributed by atoms with Crippen molar-refractivity contribution in [3.63, 3.8) is 0 Å². The second-order valence-corrected chi connectivity index (χ2v) is 5.54. The molecule has 1 atom stereocenters. The van der Waals surface area contributed by atoms with Crippen molar-refractivity contribution in [2.24, 2.45) is 0 Å². The van der Waals surface area contributed by atoms with Crippen LogP contribution >= 0.6 is 15.9 Å². The van der Waals surface area contributed by atoms with Gasteiger partial charge in [-0.1, -0.05) is 6.92 Å². The fraction of sp³-hybridized carbons (Fsp3) is 0.375. The maximum Gasteiger partial charge on any atom is 0.262 e. The van der Waals surface area contributed by atoms with Crippen molar-refractivity contribution in [2.75, 3.05) is 14.2 Å². The van der Waals surface area contributed by atoms with Gasteiger partial charge in [-0.05, 0) is 41.4 Å². The van der Waals surface area contributed by atoms with Crippen LogP contribution in [0.5, 0.6) is 11.5 Å². The van der Waals surface area contributed by atoms with Crippen LogP contribution in [0.2, 0.25) is 0 Å². The molecule has 1 aromatic carbocycles. The summed E-state index contributed by atoms with van der Waals surface area (Å²) in [7, 11) is 3.07. The Morgan fingerprint density at radius 3 is 2.55 bits per heavy atom. The number of halogens is 1. The van der Waals surface area contributed by atoms with Crippen molar-refractivity contribution in [3.8, 4) is 17.6 Å². The van der Waals surface area contributed by atoms with E-state index in [1.165, 1.54) is 13.2 Å². The lowest BCUT2D eigenvalue weighted by Crippen LogP contribution is -2.32. The van der Waals surface area contributed by atoms with Gasteiger partial charge < -0.3 is 14.8 Å². The molecule has 1 amide bonds. The Hall–Kier alpha value is -2.00. The van der Waals surface area contributed by atoms with E-state index in [4.69, 9.17) is 9.47 Å². The van der Waals surface area contributed by atoms with Crippen molar-refractivity contribution in [3.05, 3.63) is 27.7 Å². The lowest BCUT2D eigenvalue weighted by molar-refractivity contribution is -0.117. The number of rotatable bonds is 6. The molecule has 0 aromatic heterocycles. The maximum absolute atomic E-state index is 12.1. The summed E-state index contributed by atoms with van der Waals surface area (Å²) in [5.74, 6) is 0.728. The van der Waals surface area contributed by atoms with Crippen LogP contribution < -0.4 is 14.8 Å². The minimum atomic E-state index is -0.397. The molecule has 0 aliphatic carbocycles. The van der Waals surface area contributed by atoms with E-state index in [1.54, 1.807) is 19.2 Å². The molecular weight excluding hydrogens is 348 g/mol. The van der Waals surface area contributed by atoms with Crippen molar-refractivity contribution in [2.45, 2.75) is 26.3 Å². The van der Waals surface area contributed by atoms with Crippen LogP contribution in [0.4, 0.5) is 0 Å². The Balaban J connectivity index is 3.20. The van der Waals surface area contributed by atoms with Gasteiger partial charge in [0.1, 0.15) is 23.1 Å². The summed E-state index contributed by atoms with van der Waals surface area (Å²) in [6.45, 7) is 3.85. The van der Waals surface area contributed by atoms with Crippen molar-refractivity contribution in [1.82, 2.24) is 5.32 Å². The fourth-order valence-electron chi connectivity index (χ4n) is 1.70.